The van der Waals surface area contributed by atoms with E-state index in [0.717, 1.165) is 6.42 Å². The van der Waals surface area contributed by atoms with Crippen molar-refractivity contribution in [3.05, 3.63) is 29.3 Å². The largest absolute Gasteiger partial charge is 0.371 e. The van der Waals surface area contributed by atoms with Crippen molar-refractivity contribution < 1.29 is 9.18 Å². The van der Waals surface area contributed by atoms with Gasteiger partial charge in [-0.05, 0) is 30.0 Å². The SMILES string of the molecule is [B]C([B])([B])NC(=O)c1cc(C(C)CC)cc(F)n1. The van der Waals surface area contributed by atoms with Crippen molar-refractivity contribution >= 4 is 29.4 Å². The van der Waals surface area contributed by atoms with E-state index in [4.69, 9.17) is 23.5 Å². The number of hydrogen-bond donors (Lipinski definition) is 1. The molecule has 1 aromatic rings. The molecule has 0 aliphatic heterocycles. The molecule has 18 heavy (non-hydrogen) atoms. The van der Waals surface area contributed by atoms with Crippen LogP contribution in [0.1, 0.15) is 42.2 Å². The fourth-order valence-electron chi connectivity index (χ4n) is 1.41. The smallest absolute Gasteiger partial charge is 0.268 e. The maximum Gasteiger partial charge on any atom is 0.268 e. The number of nitrogens with one attached hydrogen (secondary N) is 1. The molecule has 3 nitrogen and oxygen atoms in total. The highest BCUT2D eigenvalue weighted by molar-refractivity contribution is 6.60. The minimum Gasteiger partial charge on any atom is -0.371 e. The summed E-state index contributed by atoms with van der Waals surface area (Å²) in [5.74, 6) is -1.33. The van der Waals surface area contributed by atoms with E-state index >= 15 is 0 Å². The summed E-state index contributed by atoms with van der Waals surface area (Å²) >= 11 is 0. The maximum absolute atomic E-state index is 13.3. The van der Waals surface area contributed by atoms with Gasteiger partial charge in [0, 0.05) is 0 Å². The van der Waals surface area contributed by atoms with Crippen LogP contribution in [0.5, 0.6) is 0 Å². The third-order valence-corrected chi connectivity index (χ3v) is 2.56. The number of halogens is 1. The monoisotopic (exact) mass is 240 g/mol. The van der Waals surface area contributed by atoms with Crippen LogP contribution in [0.3, 0.4) is 0 Å². The van der Waals surface area contributed by atoms with Gasteiger partial charge in [0.1, 0.15) is 5.69 Å². The van der Waals surface area contributed by atoms with Crippen molar-refractivity contribution in [3.8, 4) is 0 Å². The lowest BCUT2D eigenvalue weighted by molar-refractivity contribution is 0.0946. The molecule has 0 aliphatic rings. The predicted octanol–water partition coefficient (Wildman–Crippen LogP) is 0.581. The Kier molecular flexibility index (Phi) is 4.60. The summed E-state index contributed by atoms with van der Waals surface area (Å²) in [6.07, 6.45) is 0.819. The van der Waals surface area contributed by atoms with Crippen LogP contribution in [-0.2, 0) is 0 Å². The Balaban J connectivity index is 3.03. The lowest BCUT2D eigenvalue weighted by Crippen LogP contribution is -2.50. The molecule has 1 heterocycles. The highest BCUT2D eigenvalue weighted by Gasteiger charge is 2.17. The van der Waals surface area contributed by atoms with E-state index in [0.29, 0.717) is 5.56 Å². The fraction of sp³-hybridized carbons (Fsp3) is 0.455. The van der Waals surface area contributed by atoms with Crippen LogP contribution in [0, 0.1) is 5.95 Å². The lowest BCUT2D eigenvalue weighted by Gasteiger charge is -2.22. The lowest BCUT2D eigenvalue weighted by atomic mass is 9.49. The first-order valence-electron chi connectivity index (χ1n) is 5.59. The van der Waals surface area contributed by atoms with Gasteiger partial charge in [0.15, 0.2) is 0 Å². The molecule has 0 saturated heterocycles. The summed E-state index contributed by atoms with van der Waals surface area (Å²) in [5.41, 5.74) is 0.586. The Morgan fingerprint density at radius 3 is 2.61 bits per heavy atom. The van der Waals surface area contributed by atoms with E-state index in [-0.39, 0.29) is 11.6 Å². The molecule has 0 aromatic carbocycles. The van der Waals surface area contributed by atoms with E-state index in [1.165, 1.54) is 12.1 Å². The standard InChI is InChI=1S/C11H12B3FN2O/c1-3-6(2)7-4-8(16-9(15)5-7)10(18)17-11(12,13)14/h4-6H,3H2,1-2H3,(H,17,18). The Morgan fingerprint density at radius 2 is 2.11 bits per heavy atom. The second-order valence-electron chi connectivity index (χ2n) is 4.30. The van der Waals surface area contributed by atoms with Crippen LogP contribution >= 0.6 is 0 Å². The number of hydrogen-bond acceptors (Lipinski definition) is 2. The molecule has 1 N–H and O–H groups in total. The Bertz CT molecular complexity index is 448. The van der Waals surface area contributed by atoms with E-state index in [1.54, 1.807) is 0 Å². The zero-order chi connectivity index (χ0) is 13.9. The van der Waals surface area contributed by atoms with Gasteiger partial charge in [-0.3, -0.25) is 4.79 Å². The summed E-state index contributed by atoms with van der Waals surface area (Å²) in [6, 6.07) is 2.80. The van der Waals surface area contributed by atoms with Crippen molar-refractivity contribution in [1.82, 2.24) is 10.3 Å². The van der Waals surface area contributed by atoms with Gasteiger partial charge in [-0.2, -0.15) is 4.39 Å². The van der Waals surface area contributed by atoms with E-state index in [9.17, 15) is 9.18 Å². The highest BCUT2D eigenvalue weighted by Crippen LogP contribution is 2.19. The Morgan fingerprint density at radius 1 is 1.50 bits per heavy atom. The van der Waals surface area contributed by atoms with Crippen LogP contribution in [0.25, 0.3) is 0 Å². The van der Waals surface area contributed by atoms with Crippen molar-refractivity contribution in [3.63, 3.8) is 0 Å². The van der Waals surface area contributed by atoms with Gasteiger partial charge in [-0.1, -0.05) is 19.1 Å². The molecular formula is C11H12B3FN2O. The van der Waals surface area contributed by atoms with Crippen LogP contribution in [0.15, 0.2) is 12.1 Å². The molecule has 88 valence electrons. The summed E-state index contributed by atoms with van der Waals surface area (Å²) in [5, 5.41) is 0.253. The molecule has 1 atom stereocenters. The quantitative estimate of drug-likeness (QED) is 0.617. The van der Waals surface area contributed by atoms with Gasteiger partial charge in [-0.25, -0.2) is 4.98 Å². The van der Waals surface area contributed by atoms with Gasteiger partial charge >= 0.3 is 0 Å². The number of aromatic nitrogens is 1. The minimum absolute atomic E-state index is 0.101. The number of carbonyl (C=O) groups is 1. The molecular weight excluding hydrogens is 228 g/mol. The van der Waals surface area contributed by atoms with E-state index in [2.05, 4.69) is 10.3 Å². The number of carbonyl (C=O) groups excluding carboxylic acids is 1. The summed E-state index contributed by atoms with van der Waals surface area (Å²) in [4.78, 5) is 15.2. The van der Waals surface area contributed by atoms with Crippen LogP contribution < -0.4 is 5.32 Å². The van der Waals surface area contributed by atoms with Gasteiger partial charge in [0.05, 0.1) is 23.5 Å². The van der Waals surface area contributed by atoms with Gasteiger partial charge in [0.2, 0.25) is 5.95 Å². The topological polar surface area (TPSA) is 42.0 Å². The molecule has 0 saturated carbocycles. The van der Waals surface area contributed by atoms with E-state index in [1.807, 2.05) is 13.8 Å². The Labute approximate surface area is 110 Å². The minimum atomic E-state index is -1.86. The van der Waals surface area contributed by atoms with Crippen molar-refractivity contribution in [2.75, 3.05) is 0 Å². The predicted molar refractivity (Wildman–Crippen MR) is 70.4 cm³/mol. The second-order valence-corrected chi connectivity index (χ2v) is 4.30. The van der Waals surface area contributed by atoms with Crippen molar-refractivity contribution in [2.45, 2.75) is 31.4 Å². The van der Waals surface area contributed by atoms with Crippen LogP contribution in [0.2, 0.25) is 0 Å². The zero-order valence-corrected chi connectivity index (χ0v) is 10.4. The molecule has 0 aliphatic carbocycles. The fourth-order valence-corrected chi connectivity index (χ4v) is 1.41. The molecule has 0 bridgehead atoms. The molecule has 1 unspecified atom stereocenters. The maximum atomic E-state index is 13.3. The Hall–Kier alpha value is -1.26. The van der Waals surface area contributed by atoms with Crippen molar-refractivity contribution in [1.29, 1.82) is 0 Å². The number of nitrogens with zero attached hydrogens (tertiary/aromatic N) is 1. The molecule has 1 aromatic heterocycles. The van der Waals surface area contributed by atoms with Gasteiger partial charge in [0.25, 0.3) is 5.91 Å². The zero-order valence-electron chi connectivity index (χ0n) is 10.4. The average Bonchev–Trinajstić information content (AvgIpc) is 2.24. The summed E-state index contributed by atoms with van der Waals surface area (Å²) < 4.78 is 13.3. The normalized spacial score (nSPS) is 13.1. The van der Waals surface area contributed by atoms with Crippen LogP contribution in [-0.4, -0.2) is 39.7 Å². The molecule has 1 amide bonds. The van der Waals surface area contributed by atoms with E-state index < -0.39 is 17.1 Å². The first kappa shape index (κ1) is 14.8. The molecule has 0 fully saturated rings. The third-order valence-electron chi connectivity index (χ3n) is 2.56. The second kappa shape index (κ2) is 5.59. The average molecular weight is 240 g/mol. The summed E-state index contributed by atoms with van der Waals surface area (Å²) in [6.45, 7) is 3.89. The molecule has 7 heteroatoms. The molecule has 0 spiro atoms. The number of rotatable bonds is 4. The number of amides is 1. The first-order valence-corrected chi connectivity index (χ1v) is 5.59. The van der Waals surface area contributed by atoms with Crippen molar-refractivity contribution in [2.24, 2.45) is 0 Å². The summed E-state index contributed by atoms with van der Waals surface area (Å²) in [7, 11) is 15.7. The third kappa shape index (κ3) is 4.20. The van der Waals surface area contributed by atoms with Gasteiger partial charge < -0.3 is 5.32 Å². The van der Waals surface area contributed by atoms with Crippen LogP contribution in [0.4, 0.5) is 4.39 Å². The highest BCUT2D eigenvalue weighted by atomic mass is 19.1. The first-order chi connectivity index (χ1) is 8.23. The number of pyridine rings is 1. The van der Waals surface area contributed by atoms with Gasteiger partial charge in [-0.15, -0.1) is 0 Å². The molecule has 6 radical (unpaired) electrons. The molecule has 1 rings (SSSR count).